The Hall–Kier alpha value is -3.36. The number of fused-ring (bicyclic) bond motifs is 3. The van der Waals surface area contributed by atoms with Crippen molar-refractivity contribution < 1.29 is 14.3 Å². The number of pyridine rings is 2. The fourth-order valence-electron chi connectivity index (χ4n) is 4.68. The van der Waals surface area contributed by atoms with E-state index in [-0.39, 0.29) is 18.2 Å². The zero-order valence-corrected chi connectivity index (χ0v) is 18.8. The largest absolute Gasteiger partial charge is 0.481 e. The van der Waals surface area contributed by atoms with Crippen molar-refractivity contribution in [2.75, 3.05) is 25.1 Å². The lowest BCUT2D eigenvalue weighted by Crippen LogP contribution is -2.56. The Morgan fingerprint density at radius 2 is 1.84 bits per heavy atom. The van der Waals surface area contributed by atoms with E-state index in [1.165, 1.54) is 0 Å². The minimum Gasteiger partial charge on any atom is -0.481 e. The molecule has 0 saturated carbocycles. The fourth-order valence-corrected chi connectivity index (χ4v) is 4.68. The molecule has 5 rings (SSSR count). The molecule has 2 aliphatic heterocycles. The Morgan fingerprint density at radius 1 is 1.12 bits per heavy atom. The maximum atomic E-state index is 12.8. The lowest BCUT2D eigenvalue weighted by Gasteiger charge is -2.42. The van der Waals surface area contributed by atoms with Crippen molar-refractivity contribution in [1.29, 1.82) is 0 Å². The van der Waals surface area contributed by atoms with Crippen molar-refractivity contribution in [2.45, 2.75) is 51.3 Å². The molecule has 2 saturated heterocycles. The van der Waals surface area contributed by atoms with E-state index in [1.807, 2.05) is 43.9 Å². The van der Waals surface area contributed by atoms with E-state index in [0.29, 0.717) is 11.5 Å². The molecule has 2 fully saturated rings. The van der Waals surface area contributed by atoms with Gasteiger partial charge in [-0.3, -0.25) is 4.90 Å². The number of rotatable bonds is 3. The first-order chi connectivity index (χ1) is 15.3. The maximum Gasteiger partial charge on any atom is 0.410 e. The maximum absolute atomic E-state index is 12.8. The Morgan fingerprint density at radius 3 is 2.53 bits per heavy atom. The van der Waals surface area contributed by atoms with Crippen LogP contribution in [0.15, 0.2) is 30.6 Å². The lowest BCUT2D eigenvalue weighted by atomic mass is 10.1. The first-order valence-corrected chi connectivity index (χ1v) is 10.9. The Kier molecular flexibility index (Phi) is 4.91. The second-order valence-corrected chi connectivity index (χ2v) is 9.38. The number of amides is 1. The van der Waals surface area contributed by atoms with Crippen molar-refractivity contribution in [1.82, 2.24) is 24.8 Å². The van der Waals surface area contributed by atoms with Crippen LogP contribution in [-0.4, -0.2) is 68.8 Å². The molecule has 0 aromatic carbocycles. The number of aromatic amines is 1. The number of H-pyrrole nitrogens is 1. The smallest absolute Gasteiger partial charge is 0.410 e. The van der Waals surface area contributed by atoms with Crippen molar-refractivity contribution in [3.63, 3.8) is 0 Å². The molecule has 0 spiro atoms. The van der Waals surface area contributed by atoms with Crippen LogP contribution in [0.5, 0.6) is 5.88 Å². The molecule has 3 aromatic heterocycles. The SMILES string of the molecule is COc1cc(-c2nc3nccc(N4CC5CCC(C4)N5C(=O)OC(C)(C)C)c3[nH]2)ccn1. The second kappa shape index (κ2) is 7.65. The number of piperazine rings is 1. The molecule has 5 heterocycles. The summed E-state index contributed by atoms with van der Waals surface area (Å²) in [5.41, 5.74) is 3.00. The number of ether oxygens (including phenoxy) is 2. The van der Waals surface area contributed by atoms with Crippen LogP contribution in [-0.2, 0) is 4.74 Å². The second-order valence-electron chi connectivity index (χ2n) is 9.38. The van der Waals surface area contributed by atoms with Crippen LogP contribution < -0.4 is 9.64 Å². The summed E-state index contributed by atoms with van der Waals surface area (Å²) in [6.45, 7) is 7.24. The van der Waals surface area contributed by atoms with Gasteiger partial charge in [-0.1, -0.05) is 0 Å². The molecule has 32 heavy (non-hydrogen) atoms. The van der Waals surface area contributed by atoms with Crippen molar-refractivity contribution in [2.24, 2.45) is 0 Å². The molecule has 9 nitrogen and oxygen atoms in total. The highest BCUT2D eigenvalue weighted by Crippen LogP contribution is 2.36. The summed E-state index contributed by atoms with van der Waals surface area (Å²) in [4.78, 5) is 33.8. The Balaban J connectivity index is 1.42. The average Bonchev–Trinajstić information content (AvgIpc) is 3.31. The predicted octanol–water partition coefficient (Wildman–Crippen LogP) is 3.62. The number of hydrogen-bond acceptors (Lipinski definition) is 7. The highest BCUT2D eigenvalue weighted by atomic mass is 16.6. The fraction of sp³-hybridized carbons (Fsp3) is 0.478. The normalized spacial score (nSPS) is 20.6. The topological polar surface area (TPSA) is 96.5 Å². The molecule has 168 valence electrons. The first-order valence-electron chi connectivity index (χ1n) is 10.9. The molecule has 2 bridgehead atoms. The van der Waals surface area contributed by atoms with Gasteiger partial charge in [-0.2, -0.15) is 0 Å². The van der Waals surface area contributed by atoms with Crippen molar-refractivity contribution >= 4 is 22.9 Å². The number of imidazole rings is 1. The monoisotopic (exact) mass is 436 g/mol. The van der Waals surface area contributed by atoms with E-state index < -0.39 is 5.60 Å². The number of nitrogens with one attached hydrogen (secondary N) is 1. The summed E-state index contributed by atoms with van der Waals surface area (Å²) in [5, 5.41) is 0. The zero-order valence-electron chi connectivity index (χ0n) is 18.8. The van der Waals surface area contributed by atoms with Gasteiger partial charge in [0.15, 0.2) is 5.65 Å². The van der Waals surface area contributed by atoms with Gasteiger partial charge in [0.05, 0.1) is 24.9 Å². The van der Waals surface area contributed by atoms with E-state index in [0.717, 1.165) is 48.5 Å². The third-order valence-electron chi connectivity index (χ3n) is 6.01. The molecule has 2 unspecified atom stereocenters. The van der Waals surface area contributed by atoms with Gasteiger partial charge in [-0.15, -0.1) is 0 Å². The van der Waals surface area contributed by atoms with Gasteiger partial charge in [0.1, 0.15) is 16.9 Å². The average molecular weight is 437 g/mol. The number of carbonyl (C=O) groups excluding carboxylic acids is 1. The van der Waals surface area contributed by atoms with Gasteiger partial charge in [0.25, 0.3) is 0 Å². The first kappa shape index (κ1) is 20.5. The van der Waals surface area contributed by atoms with Gasteiger partial charge in [0, 0.05) is 37.1 Å². The quantitative estimate of drug-likeness (QED) is 0.670. The van der Waals surface area contributed by atoms with Gasteiger partial charge >= 0.3 is 6.09 Å². The minimum atomic E-state index is -0.493. The van der Waals surface area contributed by atoms with E-state index in [2.05, 4.69) is 24.8 Å². The summed E-state index contributed by atoms with van der Waals surface area (Å²) in [5.74, 6) is 1.25. The predicted molar refractivity (Wildman–Crippen MR) is 121 cm³/mol. The lowest BCUT2D eigenvalue weighted by molar-refractivity contribution is 0.0123. The zero-order chi connectivity index (χ0) is 22.5. The summed E-state index contributed by atoms with van der Waals surface area (Å²) in [7, 11) is 1.59. The number of methoxy groups -OCH3 is 1. The molecule has 2 atom stereocenters. The summed E-state index contributed by atoms with van der Waals surface area (Å²) < 4.78 is 10.9. The van der Waals surface area contributed by atoms with E-state index in [9.17, 15) is 4.79 Å². The molecule has 0 radical (unpaired) electrons. The number of anilines is 1. The third kappa shape index (κ3) is 3.72. The standard InChI is InChI=1S/C23H28N6O3/c1-23(2,3)32-22(30)29-15-5-6-16(29)13-28(12-15)17-8-10-25-21-19(17)26-20(27-21)14-7-9-24-18(11-14)31-4/h7-11,15-16H,5-6,12-13H2,1-4H3,(H,25,26,27). The van der Waals surface area contributed by atoms with Gasteiger partial charge in [0.2, 0.25) is 5.88 Å². The van der Waals surface area contributed by atoms with Crippen LogP contribution in [0.2, 0.25) is 0 Å². The minimum absolute atomic E-state index is 0.138. The highest BCUT2D eigenvalue weighted by molar-refractivity contribution is 5.88. The van der Waals surface area contributed by atoms with Gasteiger partial charge in [-0.05, 0) is 45.7 Å². The molecule has 1 amide bonds. The van der Waals surface area contributed by atoms with Crippen LogP contribution in [0.3, 0.4) is 0 Å². The number of nitrogens with zero attached hydrogens (tertiary/aromatic N) is 5. The van der Waals surface area contributed by atoms with Crippen LogP contribution in [0, 0.1) is 0 Å². The van der Waals surface area contributed by atoms with E-state index in [4.69, 9.17) is 9.47 Å². The van der Waals surface area contributed by atoms with Crippen molar-refractivity contribution in [3.8, 4) is 17.3 Å². The number of carbonyl (C=O) groups is 1. The molecule has 9 heteroatoms. The molecule has 0 aliphatic carbocycles. The van der Waals surface area contributed by atoms with Gasteiger partial charge in [-0.25, -0.2) is 19.7 Å². The highest BCUT2D eigenvalue weighted by Gasteiger charge is 2.44. The van der Waals surface area contributed by atoms with Gasteiger partial charge < -0.3 is 19.4 Å². The van der Waals surface area contributed by atoms with Crippen LogP contribution in [0.4, 0.5) is 10.5 Å². The van der Waals surface area contributed by atoms with Crippen LogP contribution in [0.25, 0.3) is 22.6 Å². The van der Waals surface area contributed by atoms with Crippen LogP contribution in [0.1, 0.15) is 33.6 Å². The molecular weight excluding hydrogens is 408 g/mol. The van der Waals surface area contributed by atoms with Crippen molar-refractivity contribution in [3.05, 3.63) is 30.6 Å². The molecule has 3 aromatic rings. The summed E-state index contributed by atoms with van der Waals surface area (Å²) in [6.07, 6.45) is 5.25. The molecule has 1 N–H and O–H groups in total. The Bertz CT molecular complexity index is 1140. The Labute approximate surface area is 186 Å². The summed E-state index contributed by atoms with van der Waals surface area (Å²) in [6, 6.07) is 6.02. The van der Waals surface area contributed by atoms with Crippen LogP contribution >= 0.6 is 0 Å². The molecular formula is C23H28N6O3. The van der Waals surface area contributed by atoms with E-state index in [1.54, 1.807) is 19.5 Å². The number of aromatic nitrogens is 4. The molecule has 2 aliphatic rings. The van der Waals surface area contributed by atoms with E-state index >= 15 is 0 Å². The third-order valence-corrected chi connectivity index (χ3v) is 6.01. The summed E-state index contributed by atoms with van der Waals surface area (Å²) >= 11 is 0. The number of hydrogen-bond donors (Lipinski definition) is 1.